The molecular formula is C22H25N3O2S. The van der Waals surface area contributed by atoms with Crippen LogP contribution in [-0.2, 0) is 16.0 Å². The van der Waals surface area contributed by atoms with E-state index in [0.717, 1.165) is 29.4 Å². The van der Waals surface area contributed by atoms with E-state index >= 15 is 0 Å². The van der Waals surface area contributed by atoms with Crippen LogP contribution in [0.3, 0.4) is 0 Å². The van der Waals surface area contributed by atoms with Crippen molar-refractivity contribution in [2.75, 3.05) is 20.2 Å². The largest absolute Gasteiger partial charge is 0.467 e. The van der Waals surface area contributed by atoms with Crippen molar-refractivity contribution < 1.29 is 9.53 Å². The van der Waals surface area contributed by atoms with Crippen LogP contribution in [0.5, 0.6) is 0 Å². The molecule has 0 N–H and O–H groups in total. The van der Waals surface area contributed by atoms with Crippen LogP contribution in [0, 0.1) is 0 Å². The normalized spacial score (nSPS) is 18.8. The lowest BCUT2D eigenvalue weighted by molar-refractivity contribution is -0.143. The van der Waals surface area contributed by atoms with Crippen molar-refractivity contribution in [2.45, 2.75) is 25.1 Å². The number of carbonyl (C=O) groups is 1. The summed E-state index contributed by atoms with van der Waals surface area (Å²) in [5.41, 5.74) is 1.91. The van der Waals surface area contributed by atoms with E-state index in [9.17, 15) is 4.79 Å². The predicted octanol–water partition coefficient (Wildman–Crippen LogP) is 3.99. The van der Waals surface area contributed by atoms with Gasteiger partial charge >= 0.3 is 5.97 Å². The maximum Gasteiger partial charge on any atom is 0.345 e. The molecule has 28 heavy (non-hydrogen) atoms. The van der Waals surface area contributed by atoms with Crippen molar-refractivity contribution in [1.82, 2.24) is 4.90 Å². The fourth-order valence-corrected chi connectivity index (χ4v) is 4.46. The van der Waals surface area contributed by atoms with Gasteiger partial charge in [0.1, 0.15) is 0 Å². The van der Waals surface area contributed by atoms with Gasteiger partial charge in [0, 0.05) is 25.1 Å². The van der Waals surface area contributed by atoms with E-state index in [1.807, 2.05) is 60.7 Å². The average Bonchev–Trinajstić information content (AvgIpc) is 2.75. The highest BCUT2D eigenvalue weighted by molar-refractivity contribution is 8.15. The second-order valence-electron chi connectivity index (χ2n) is 6.41. The van der Waals surface area contributed by atoms with Gasteiger partial charge in [0.05, 0.1) is 7.11 Å². The number of thioether (sulfide) groups is 1. The van der Waals surface area contributed by atoms with Crippen LogP contribution in [0.25, 0.3) is 0 Å². The summed E-state index contributed by atoms with van der Waals surface area (Å²) in [5.74, 6) is 0.192. The summed E-state index contributed by atoms with van der Waals surface area (Å²) >= 11 is 1.38. The summed E-state index contributed by atoms with van der Waals surface area (Å²) in [7, 11) is 1.41. The fourth-order valence-electron chi connectivity index (χ4n) is 3.10. The Hall–Kier alpha value is -2.60. The molecule has 1 heterocycles. The number of ether oxygens (including phenoxy) is 1. The van der Waals surface area contributed by atoms with E-state index in [-0.39, 0.29) is 5.97 Å². The van der Waals surface area contributed by atoms with Gasteiger partial charge < -0.3 is 9.64 Å². The van der Waals surface area contributed by atoms with Crippen molar-refractivity contribution in [1.29, 1.82) is 0 Å². The highest BCUT2D eigenvalue weighted by Gasteiger charge is 2.45. The lowest BCUT2D eigenvalue weighted by atomic mass is 10.1. The van der Waals surface area contributed by atoms with Crippen LogP contribution in [0.1, 0.15) is 25.0 Å². The molecule has 0 unspecified atom stereocenters. The summed E-state index contributed by atoms with van der Waals surface area (Å²) in [6.45, 7) is 5.76. The van der Waals surface area contributed by atoms with Crippen molar-refractivity contribution >= 4 is 28.7 Å². The molecule has 0 radical (unpaired) electrons. The quantitative estimate of drug-likeness (QED) is 0.694. The summed E-state index contributed by atoms with van der Waals surface area (Å²) in [4.78, 5) is 23.7. The molecule has 6 heteroatoms. The van der Waals surface area contributed by atoms with E-state index in [2.05, 4.69) is 18.7 Å². The first-order chi connectivity index (χ1) is 13.6. The molecular weight excluding hydrogens is 370 g/mol. The average molecular weight is 396 g/mol. The van der Waals surface area contributed by atoms with Gasteiger partial charge in [-0.15, -0.1) is 0 Å². The molecule has 2 aromatic rings. The minimum absolute atomic E-state index is 0.366. The van der Waals surface area contributed by atoms with Gasteiger partial charge in [-0.1, -0.05) is 60.7 Å². The Labute approximate surface area is 170 Å². The number of aliphatic imine (C=N–C) groups is 2. The molecule has 1 aliphatic heterocycles. The summed E-state index contributed by atoms with van der Waals surface area (Å²) < 4.78 is 5.20. The van der Waals surface area contributed by atoms with Gasteiger partial charge in [-0.2, -0.15) is 0 Å². The first-order valence-electron chi connectivity index (χ1n) is 9.42. The number of hydrogen-bond donors (Lipinski definition) is 0. The van der Waals surface area contributed by atoms with Crippen LogP contribution < -0.4 is 0 Å². The standard InChI is InChI=1S/C22H25N3O2S/c1-4-25(5-2)21-23-19(18-14-10-7-11-15-18)24-22(28-21,20(26)27-3)16-17-12-8-6-9-13-17/h6-15H,4-5,16H2,1-3H3/t22-/m0/s1. The van der Waals surface area contributed by atoms with Crippen molar-refractivity contribution in [3.8, 4) is 0 Å². The first kappa shape index (κ1) is 20.1. The van der Waals surface area contributed by atoms with E-state index in [1.54, 1.807) is 0 Å². The Morgan fingerprint density at radius 2 is 1.64 bits per heavy atom. The Morgan fingerprint density at radius 1 is 1.04 bits per heavy atom. The third-order valence-corrected chi connectivity index (χ3v) is 5.88. The van der Waals surface area contributed by atoms with E-state index in [1.165, 1.54) is 18.9 Å². The maximum atomic E-state index is 13.0. The smallest absolute Gasteiger partial charge is 0.345 e. The molecule has 0 amide bonds. The van der Waals surface area contributed by atoms with Crippen LogP contribution >= 0.6 is 11.8 Å². The van der Waals surface area contributed by atoms with Crippen LogP contribution in [0.4, 0.5) is 0 Å². The number of nitrogens with zero attached hydrogens (tertiary/aromatic N) is 3. The number of rotatable bonds is 6. The highest BCUT2D eigenvalue weighted by atomic mass is 32.2. The van der Waals surface area contributed by atoms with Gasteiger partial charge in [-0.25, -0.2) is 14.8 Å². The molecule has 0 aliphatic carbocycles. The second kappa shape index (κ2) is 9.06. The molecule has 0 aromatic heterocycles. The zero-order valence-electron chi connectivity index (χ0n) is 16.5. The molecule has 1 atom stereocenters. The van der Waals surface area contributed by atoms with E-state index < -0.39 is 4.87 Å². The molecule has 0 saturated heterocycles. The molecule has 0 spiro atoms. The Balaban J connectivity index is 2.12. The van der Waals surface area contributed by atoms with E-state index in [0.29, 0.717) is 12.3 Å². The molecule has 5 nitrogen and oxygen atoms in total. The van der Waals surface area contributed by atoms with Gasteiger partial charge in [0.25, 0.3) is 0 Å². The third-order valence-electron chi connectivity index (χ3n) is 4.61. The zero-order chi connectivity index (χ0) is 20.0. The van der Waals surface area contributed by atoms with Crippen molar-refractivity contribution in [3.05, 3.63) is 71.8 Å². The number of methoxy groups -OCH3 is 1. The Bertz CT molecular complexity index is 864. The number of benzene rings is 2. The van der Waals surface area contributed by atoms with Crippen LogP contribution in [0.2, 0.25) is 0 Å². The second-order valence-corrected chi connectivity index (χ2v) is 7.65. The summed E-state index contributed by atoms with van der Waals surface area (Å²) in [6.07, 6.45) is 0.432. The molecule has 0 fully saturated rings. The molecule has 146 valence electrons. The highest BCUT2D eigenvalue weighted by Crippen LogP contribution is 2.38. The monoisotopic (exact) mass is 395 g/mol. The summed E-state index contributed by atoms with van der Waals surface area (Å²) in [5, 5.41) is 0.792. The van der Waals surface area contributed by atoms with Gasteiger partial charge in [0.15, 0.2) is 11.0 Å². The minimum Gasteiger partial charge on any atom is -0.467 e. The number of carbonyl (C=O) groups excluding carboxylic acids is 1. The van der Waals surface area contributed by atoms with E-state index in [4.69, 9.17) is 14.7 Å². The van der Waals surface area contributed by atoms with Crippen LogP contribution in [0.15, 0.2) is 70.6 Å². The predicted molar refractivity (Wildman–Crippen MR) is 116 cm³/mol. The SMILES string of the molecule is CCN(CC)C1=NC(c2ccccc2)=N[C@](Cc2ccccc2)(C(=O)OC)S1. The number of amidine groups is 2. The van der Waals surface area contributed by atoms with Crippen LogP contribution in [-0.4, -0.2) is 46.9 Å². The minimum atomic E-state index is -1.11. The first-order valence-corrected chi connectivity index (χ1v) is 10.2. The molecule has 2 aromatic carbocycles. The zero-order valence-corrected chi connectivity index (χ0v) is 17.3. The molecule has 0 saturated carbocycles. The number of esters is 1. The third kappa shape index (κ3) is 4.28. The molecule has 0 bridgehead atoms. The molecule has 3 rings (SSSR count). The lowest BCUT2D eigenvalue weighted by Crippen LogP contribution is -2.44. The Kier molecular flexibility index (Phi) is 6.52. The fraction of sp³-hybridized carbons (Fsp3) is 0.318. The Morgan fingerprint density at radius 3 is 2.21 bits per heavy atom. The van der Waals surface area contributed by atoms with Gasteiger partial charge in [-0.3, -0.25) is 0 Å². The van der Waals surface area contributed by atoms with Crippen molar-refractivity contribution in [2.24, 2.45) is 9.98 Å². The number of hydrogen-bond acceptors (Lipinski definition) is 6. The maximum absolute atomic E-state index is 13.0. The lowest BCUT2D eigenvalue weighted by Gasteiger charge is -2.34. The molecule has 1 aliphatic rings. The van der Waals surface area contributed by atoms with Gasteiger partial charge in [0.2, 0.25) is 4.87 Å². The van der Waals surface area contributed by atoms with Gasteiger partial charge in [-0.05, 0) is 31.2 Å². The summed E-state index contributed by atoms with van der Waals surface area (Å²) in [6, 6.07) is 19.7. The topological polar surface area (TPSA) is 54.3 Å². The van der Waals surface area contributed by atoms with Crippen molar-refractivity contribution in [3.63, 3.8) is 0 Å².